The van der Waals surface area contributed by atoms with Crippen LogP contribution in [0.2, 0.25) is 0 Å². The highest BCUT2D eigenvalue weighted by molar-refractivity contribution is 5.16. The van der Waals surface area contributed by atoms with Crippen LogP contribution in [-0.4, -0.2) is 26.8 Å². The van der Waals surface area contributed by atoms with Gasteiger partial charge in [0.15, 0.2) is 0 Å². The van der Waals surface area contributed by atoms with Crippen molar-refractivity contribution in [2.75, 3.05) is 26.8 Å². The molecule has 0 radical (unpaired) electrons. The fourth-order valence-electron chi connectivity index (χ4n) is 2.53. The van der Waals surface area contributed by atoms with Crippen molar-refractivity contribution in [2.45, 2.75) is 39.5 Å². The van der Waals surface area contributed by atoms with E-state index >= 15 is 0 Å². The molecule has 0 bridgehead atoms. The summed E-state index contributed by atoms with van der Waals surface area (Å²) < 4.78 is 18.0. The van der Waals surface area contributed by atoms with Crippen LogP contribution in [0.3, 0.4) is 0 Å². The standard InChI is InChI=1S/C18H30FNO/c1-15(2)5-4-6-17(14-20-11-12-21-3)13-16-7-9-18(19)10-8-16/h7-10,15,17,20H,4-6,11-14H2,1-3H3. The zero-order chi connectivity index (χ0) is 15.5. The molecule has 0 heterocycles. The second kappa shape index (κ2) is 10.7. The zero-order valence-corrected chi connectivity index (χ0v) is 13.7. The Kier molecular flexibility index (Phi) is 9.27. The molecule has 21 heavy (non-hydrogen) atoms. The molecule has 2 nitrogen and oxygen atoms in total. The molecule has 1 unspecified atom stereocenters. The third-order valence-electron chi connectivity index (χ3n) is 3.75. The third kappa shape index (κ3) is 8.84. The van der Waals surface area contributed by atoms with Crippen molar-refractivity contribution in [1.82, 2.24) is 5.32 Å². The van der Waals surface area contributed by atoms with E-state index in [1.807, 2.05) is 12.1 Å². The first-order valence-electron chi connectivity index (χ1n) is 8.06. The SMILES string of the molecule is COCCNCC(CCCC(C)C)Cc1ccc(F)cc1. The predicted octanol–water partition coefficient (Wildman–Crippen LogP) is 4.05. The average Bonchev–Trinajstić information content (AvgIpc) is 2.45. The van der Waals surface area contributed by atoms with Gasteiger partial charge in [-0.05, 0) is 48.9 Å². The fourth-order valence-corrected chi connectivity index (χ4v) is 2.53. The number of methoxy groups -OCH3 is 1. The van der Waals surface area contributed by atoms with E-state index in [0.717, 1.165) is 32.0 Å². The van der Waals surface area contributed by atoms with Crippen molar-refractivity contribution >= 4 is 0 Å². The average molecular weight is 295 g/mol. The molecule has 0 aromatic heterocycles. The summed E-state index contributed by atoms with van der Waals surface area (Å²) >= 11 is 0. The van der Waals surface area contributed by atoms with Crippen LogP contribution in [0.5, 0.6) is 0 Å². The van der Waals surface area contributed by atoms with Gasteiger partial charge >= 0.3 is 0 Å². The smallest absolute Gasteiger partial charge is 0.123 e. The van der Waals surface area contributed by atoms with Crippen LogP contribution in [-0.2, 0) is 11.2 Å². The van der Waals surface area contributed by atoms with Crippen molar-refractivity contribution < 1.29 is 9.13 Å². The van der Waals surface area contributed by atoms with Crippen molar-refractivity contribution in [3.8, 4) is 0 Å². The highest BCUT2D eigenvalue weighted by Crippen LogP contribution is 2.17. The number of hydrogen-bond acceptors (Lipinski definition) is 2. The normalized spacial score (nSPS) is 12.8. The molecule has 0 aliphatic carbocycles. The minimum absolute atomic E-state index is 0.159. The van der Waals surface area contributed by atoms with Gasteiger partial charge in [0.2, 0.25) is 0 Å². The van der Waals surface area contributed by atoms with Crippen molar-refractivity contribution in [1.29, 1.82) is 0 Å². The maximum absolute atomic E-state index is 13.0. The van der Waals surface area contributed by atoms with Gasteiger partial charge in [0, 0.05) is 13.7 Å². The van der Waals surface area contributed by atoms with Gasteiger partial charge in [-0.2, -0.15) is 0 Å². The molecule has 1 N–H and O–H groups in total. The Bertz CT molecular complexity index is 364. The highest BCUT2D eigenvalue weighted by atomic mass is 19.1. The predicted molar refractivity (Wildman–Crippen MR) is 87.0 cm³/mol. The summed E-state index contributed by atoms with van der Waals surface area (Å²) in [6.45, 7) is 7.17. The number of ether oxygens (including phenoxy) is 1. The lowest BCUT2D eigenvalue weighted by atomic mass is 9.92. The van der Waals surface area contributed by atoms with E-state index < -0.39 is 0 Å². The minimum Gasteiger partial charge on any atom is -0.383 e. The Morgan fingerprint density at radius 1 is 1.14 bits per heavy atom. The molecule has 0 spiro atoms. The molecule has 3 heteroatoms. The Morgan fingerprint density at radius 2 is 1.86 bits per heavy atom. The van der Waals surface area contributed by atoms with Gasteiger partial charge in [0.1, 0.15) is 5.82 Å². The lowest BCUT2D eigenvalue weighted by Gasteiger charge is -2.18. The molecule has 1 aromatic carbocycles. The molecule has 1 aromatic rings. The molecular formula is C18H30FNO. The highest BCUT2D eigenvalue weighted by Gasteiger charge is 2.10. The first-order valence-corrected chi connectivity index (χ1v) is 8.06. The van der Waals surface area contributed by atoms with Crippen LogP contribution >= 0.6 is 0 Å². The van der Waals surface area contributed by atoms with Crippen molar-refractivity contribution in [3.05, 3.63) is 35.6 Å². The third-order valence-corrected chi connectivity index (χ3v) is 3.75. The fraction of sp³-hybridized carbons (Fsp3) is 0.667. The van der Waals surface area contributed by atoms with Gasteiger partial charge in [-0.1, -0.05) is 38.8 Å². The summed E-state index contributed by atoms with van der Waals surface area (Å²) in [5, 5.41) is 3.46. The van der Waals surface area contributed by atoms with Crippen LogP contribution in [0.1, 0.15) is 38.7 Å². The van der Waals surface area contributed by atoms with Crippen LogP contribution in [0.4, 0.5) is 4.39 Å². The minimum atomic E-state index is -0.159. The maximum Gasteiger partial charge on any atom is 0.123 e. The lowest BCUT2D eigenvalue weighted by molar-refractivity contribution is 0.197. The van der Waals surface area contributed by atoms with Gasteiger partial charge in [0.05, 0.1) is 6.61 Å². The van der Waals surface area contributed by atoms with Crippen molar-refractivity contribution in [3.63, 3.8) is 0 Å². The van der Waals surface area contributed by atoms with E-state index in [0.29, 0.717) is 5.92 Å². The van der Waals surface area contributed by atoms with E-state index in [1.165, 1.54) is 24.8 Å². The Morgan fingerprint density at radius 3 is 2.48 bits per heavy atom. The van der Waals surface area contributed by atoms with Gasteiger partial charge < -0.3 is 10.1 Å². The zero-order valence-electron chi connectivity index (χ0n) is 13.7. The van der Waals surface area contributed by atoms with E-state index in [1.54, 1.807) is 19.2 Å². The summed E-state index contributed by atoms with van der Waals surface area (Å²) in [5.74, 6) is 1.21. The molecule has 0 aliphatic heterocycles. The summed E-state index contributed by atoms with van der Waals surface area (Å²) in [7, 11) is 1.72. The lowest BCUT2D eigenvalue weighted by Crippen LogP contribution is -2.27. The second-order valence-corrected chi connectivity index (χ2v) is 6.22. The summed E-state index contributed by atoms with van der Waals surface area (Å²) in [4.78, 5) is 0. The largest absolute Gasteiger partial charge is 0.383 e. The quantitative estimate of drug-likeness (QED) is 0.622. The van der Waals surface area contributed by atoms with Gasteiger partial charge in [0.25, 0.3) is 0 Å². The number of nitrogens with one attached hydrogen (secondary N) is 1. The Labute approximate surface area is 129 Å². The summed E-state index contributed by atoms with van der Waals surface area (Å²) in [6, 6.07) is 6.91. The molecule has 120 valence electrons. The Hall–Kier alpha value is -0.930. The molecular weight excluding hydrogens is 265 g/mol. The first-order chi connectivity index (χ1) is 10.1. The van der Waals surface area contributed by atoms with E-state index in [9.17, 15) is 4.39 Å². The van der Waals surface area contributed by atoms with E-state index in [2.05, 4.69) is 19.2 Å². The Balaban J connectivity index is 2.43. The molecule has 1 rings (SSSR count). The van der Waals surface area contributed by atoms with Gasteiger partial charge in [-0.15, -0.1) is 0 Å². The molecule has 0 saturated carbocycles. The topological polar surface area (TPSA) is 21.3 Å². The maximum atomic E-state index is 13.0. The van der Waals surface area contributed by atoms with Gasteiger partial charge in [-0.25, -0.2) is 4.39 Å². The molecule has 0 amide bonds. The van der Waals surface area contributed by atoms with Crippen LogP contribution in [0, 0.1) is 17.7 Å². The number of halogens is 1. The van der Waals surface area contributed by atoms with Gasteiger partial charge in [-0.3, -0.25) is 0 Å². The summed E-state index contributed by atoms with van der Waals surface area (Å²) in [6.07, 6.45) is 4.77. The molecule has 0 aliphatic rings. The molecule has 0 saturated heterocycles. The second-order valence-electron chi connectivity index (χ2n) is 6.22. The van der Waals surface area contributed by atoms with E-state index in [4.69, 9.17) is 4.74 Å². The molecule has 0 fully saturated rings. The van der Waals surface area contributed by atoms with E-state index in [-0.39, 0.29) is 5.82 Å². The monoisotopic (exact) mass is 295 g/mol. The molecule has 1 atom stereocenters. The first kappa shape index (κ1) is 18.1. The number of rotatable bonds is 11. The van der Waals surface area contributed by atoms with Crippen molar-refractivity contribution in [2.24, 2.45) is 11.8 Å². The van der Waals surface area contributed by atoms with Crippen LogP contribution in [0.15, 0.2) is 24.3 Å². The number of hydrogen-bond donors (Lipinski definition) is 1. The van der Waals surface area contributed by atoms with Crippen LogP contribution in [0.25, 0.3) is 0 Å². The summed E-state index contributed by atoms with van der Waals surface area (Å²) in [5.41, 5.74) is 1.22. The number of benzene rings is 1. The van der Waals surface area contributed by atoms with Crippen LogP contribution < -0.4 is 5.32 Å².